The fourth-order valence-electron chi connectivity index (χ4n) is 1.13. The van der Waals surface area contributed by atoms with Crippen molar-refractivity contribution < 1.29 is 9.90 Å². The van der Waals surface area contributed by atoms with Crippen LogP contribution in [0.5, 0.6) is 0 Å². The summed E-state index contributed by atoms with van der Waals surface area (Å²) in [6, 6.07) is 8.37. The van der Waals surface area contributed by atoms with Crippen LogP contribution in [0.4, 0.5) is 0 Å². The number of hydrogen-bond donors (Lipinski definition) is 1. The molecular weight excluding hydrogens is 190 g/mol. The van der Waals surface area contributed by atoms with E-state index in [-0.39, 0.29) is 11.4 Å². The Morgan fingerprint density at radius 2 is 2.00 bits per heavy atom. The number of rotatable bonds is 3. The van der Waals surface area contributed by atoms with Crippen molar-refractivity contribution in [1.29, 1.82) is 5.26 Å². The number of benzene rings is 1. The van der Waals surface area contributed by atoms with Crippen LogP contribution in [-0.2, 0) is 4.79 Å². The molecule has 0 radical (unpaired) electrons. The summed E-state index contributed by atoms with van der Waals surface area (Å²) in [5, 5.41) is 18.3. The van der Waals surface area contributed by atoms with E-state index < -0.39 is 6.10 Å². The number of ketones is 1. The van der Waals surface area contributed by atoms with E-state index in [1.165, 1.54) is 6.92 Å². The average molecular weight is 201 g/mol. The van der Waals surface area contributed by atoms with Crippen molar-refractivity contribution in [2.75, 3.05) is 0 Å². The highest BCUT2D eigenvalue weighted by atomic mass is 16.3. The number of nitriles is 1. The van der Waals surface area contributed by atoms with Gasteiger partial charge in [-0.15, -0.1) is 0 Å². The third kappa shape index (κ3) is 2.52. The summed E-state index contributed by atoms with van der Waals surface area (Å²) in [7, 11) is 0. The third-order valence-electron chi connectivity index (χ3n) is 2.14. The Kier molecular flexibility index (Phi) is 3.37. The predicted molar refractivity (Wildman–Crippen MR) is 55.9 cm³/mol. The molecule has 1 aromatic rings. The van der Waals surface area contributed by atoms with Gasteiger partial charge < -0.3 is 5.11 Å². The molecule has 0 saturated carbocycles. The molecule has 0 unspecified atom stereocenters. The number of hydrogen-bond acceptors (Lipinski definition) is 3. The highest BCUT2D eigenvalue weighted by Crippen LogP contribution is 2.20. The molecular formula is C12H11NO2. The number of aliphatic hydroxyl groups is 1. The Morgan fingerprint density at radius 3 is 2.40 bits per heavy atom. The Morgan fingerprint density at radius 1 is 1.47 bits per heavy atom. The van der Waals surface area contributed by atoms with Gasteiger partial charge in [-0.05, 0) is 24.6 Å². The maximum atomic E-state index is 11.0. The molecule has 76 valence electrons. The van der Waals surface area contributed by atoms with Crippen LogP contribution in [0, 0.1) is 11.3 Å². The van der Waals surface area contributed by atoms with Crippen LogP contribution in [0.3, 0.4) is 0 Å². The van der Waals surface area contributed by atoms with Gasteiger partial charge in [-0.1, -0.05) is 18.7 Å². The van der Waals surface area contributed by atoms with Crippen molar-refractivity contribution >= 4 is 5.78 Å². The summed E-state index contributed by atoms with van der Waals surface area (Å²) in [4.78, 5) is 11.0. The molecule has 0 aliphatic carbocycles. The Bertz CT molecular complexity index is 426. The topological polar surface area (TPSA) is 61.1 Å². The lowest BCUT2D eigenvalue weighted by molar-refractivity contribution is -0.114. The van der Waals surface area contributed by atoms with E-state index in [1.54, 1.807) is 24.3 Å². The Balaban J connectivity index is 2.93. The van der Waals surface area contributed by atoms with Gasteiger partial charge >= 0.3 is 0 Å². The van der Waals surface area contributed by atoms with Crippen molar-refractivity contribution in [3.05, 3.63) is 47.5 Å². The summed E-state index contributed by atoms with van der Waals surface area (Å²) >= 11 is 0. The van der Waals surface area contributed by atoms with Crippen LogP contribution < -0.4 is 0 Å². The van der Waals surface area contributed by atoms with Gasteiger partial charge in [0.1, 0.15) is 6.10 Å². The SMILES string of the molecule is C=C(C(C)=O)[C@H](O)c1ccc(C#N)cc1. The number of carbonyl (C=O) groups excluding carboxylic acids is 1. The molecule has 0 heterocycles. The van der Waals surface area contributed by atoms with Gasteiger partial charge in [-0.3, -0.25) is 4.79 Å². The molecule has 1 N–H and O–H groups in total. The minimum Gasteiger partial charge on any atom is -0.384 e. The standard InChI is InChI=1S/C12H11NO2/c1-8(9(2)14)12(15)11-5-3-10(7-13)4-6-11/h3-6,12,15H,1H2,2H3/t12-/m0/s1. The quantitative estimate of drug-likeness (QED) is 0.757. The minimum atomic E-state index is -0.991. The smallest absolute Gasteiger partial charge is 0.158 e. The second kappa shape index (κ2) is 4.54. The second-order valence-corrected chi connectivity index (χ2v) is 3.22. The number of carbonyl (C=O) groups is 1. The van der Waals surface area contributed by atoms with Crippen LogP contribution in [0.15, 0.2) is 36.4 Å². The molecule has 1 atom stereocenters. The lowest BCUT2D eigenvalue weighted by atomic mass is 9.99. The predicted octanol–water partition coefficient (Wildman–Crippen LogP) is 1.74. The first-order chi connectivity index (χ1) is 7.06. The van der Waals surface area contributed by atoms with E-state index >= 15 is 0 Å². The Hall–Kier alpha value is -1.92. The zero-order valence-electron chi connectivity index (χ0n) is 8.40. The summed E-state index contributed by atoms with van der Waals surface area (Å²) in [6.45, 7) is 4.86. The second-order valence-electron chi connectivity index (χ2n) is 3.22. The van der Waals surface area contributed by atoms with Crippen LogP contribution in [0.2, 0.25) is 0 Å². The van der Waals surface area contributed by atoms with Crippen LogP contribution in [0.25, 0.3) is 0 Å². The van der Waals surface area contributed by atoms with Gasteiger partial charge in [0.25, 0.3) is 0 Å². The van der Waals surface area contributed by atoms with Crippen LogP contribution in [-0.4, -0.2) is 10.9 Å². The first-order valence-corrected chi connectivity index (χ1v) is 4.44. The summed E-state index contributed by atoms with van der Waals surface area (Å²) in [5.74, 6) is -0.244. The molecule has 3 nitrogen and oxygen atoms in total. The molecule has 0 aliphatic rings. The first kappa shape index (κ1) is 11.2. The first-order valence-electron chi connectivity index (χ1n) is 4.44. The molecule has 1 rings (SSSR count). The molecule has 0 bridgehead atoms. The van der Waals surface area contributed by atoms with E-state index in [1.807, 2.05) is 6.07 Å². The molecule has 0 spiro atoms. The van der Waals surface area contributed by atoms with Gasteiger partial charge in [0.05, 0.1) is 11.6 Å². The Labute approximate surface area is 88.3 Å². The summed E-state index contributed by atoms with van der Waals surface area (Å²) < 4.78 is 0. The largest absolute Gasteiger partial charge is 0.384 e. The minimum absolute atomic E-state index is 0.153. The maximum absolute atomic E-state index is 11.0. The van der Waals surface area contributed by atoms with E-state index in [0.717, 1.165) is 0 Å². The van der Waals surface area contributed by atoms with E-state index in [9.17, 15) is 9.90 Å². The fourth-order valence-corrected chi connectivity index (χ4v) is 1.13. The number of Topliss-reactive ketones (excluding diaryl/α,β-unsaturated/α-hetero) is 1. The van der Waals surface area contributed by atoms with Gasteiger partial charge in [-0.25, -0.2) is 0 Å². The molecule has 15 heavy (non-hydrogen) atoms. The monoisotopic (exact) mass is 201 g/mol. The van der Waals surface area contributed by atoms with Crippen LogP contribution in [0.1, 0.15) is 24.2 Å². The molecule has 3 heteroatoms. The lowest BCUT2D eigenvalue weighted by Crippen LogP contribution is -2.07. The zero-order valence-corrected chi connectivity index (χ0v) is 8.40. The van der Waals surface area contributed by atoms with Gasteiger partial charge in [0, 0.05) is 5.57 Å². The zero-order chi connectivity index (χ0) is 11.4. The number of nitrogens with zero attached hydrogens (tertiary/aromatic N) is 1. The summed E-state index contributed by atoms with van der Waals surface area (Å²) in [5.41, 5.74) is 1.23. The maximum Gasteiger partial charge on any atom is 0.158 e. The molecule has 0 fully saturated rings. The summed E-state index contributed by atoms with van der Waals surface area (Å²) in [6.07, 6.45) is -0.991. The van der Waals surface area contributed by atoms with E-state index in [2.05, 4.69) is 6.58 Å². The third-order valence-corrected chi connectivity index (χ3v) is 2.14. The van der Waals surface area contributed by atoms with E-state index in [0.29, 0.717) is 11.1 Å². The van der Waals surface area contributed by atoms with Gasteiger partial charge in [-0.2, -0.15) is 5.26 Å². The normalized spacial score (nSPS) is 11.5. The van der Waals surface area contributed by atoms with Crippen molar-refractivity contribution in [1.82, 2.24) is 0 Å². The molecule has 0 aliphatic heterocycles. The molecule has 0 amide bonds. The van der Waals surface area contributed by atoms with Crippen molar-refractivity contribution in [2.45, 2.75) is 13.0 Å². The molecule has 1 aromatic carbocycles. The van der Waals surface area contributed by atoms with Crippen molar-refractivity contribution in [3.63, 3.8) is 0 Å². The van der Waals surface area contributed by atoms with Crippen LogP contribution >= 0.6 is 0 Å². The lowest BCUT2D eigenvalue weighted by Gasteiger charge is -2.11. The number of aliphatic hydroxyl groups excluding tert-OH is 1. The average Bonchev–Trinajstić information content (AvgIpc) is 2.27. The van der Waals surface area contributed by atoms with Crippen molar-refractivity contribution in [2.24, 2.45) is 0 Å². The highest BCUT2D eigenvalue weighted by molar-refractivity contribution is 5.93. The van der Waals surface area contributed by atoms with Gasteiger partial charge in [0.15, 0.2) is 5.78 Å². The highest BCUT2D eigenvalue weighted by Gasteiger charge is 2.14. The molecule has 0 aromatic heterocycles. The van der Waals surface area contributed by atoms with Gasteiger partial charge in [0.2, 0.25) is 0 Å². The van der Waals surface area contributed by atoms with Crippen molar-refractivity contribution in [3.8, 4) is 6.07 Å². The molecule has 0 saturated heterocycles. The fraction of sp³-hybridized carbons (Fsp3) is 0.167. The van der Waals surface area contributed by atoms with E-state index in [4.69, 9.17) is 5.26 Å².